The van der Waals surface area contributed by atoms with Gasteiger partial charge in [0, 0.05) is 5.69 Å². The van der Waals surface area contributed by atoms with Crippen molar-refractivity contribution in [3.63, 3.8) is 0 Å². The average Bonchev–Trinajstić information content (AvgIpc) is 2.22. The number of pyridine rings is 1. The highest BCUT2D eigenvalue weighted by molar-refractivity contribution is 9.10. The molecule has 0 saturated carbocycles. The summed E-state index contributed by atoms with van der Waals surface area (Å²) in [5.41, 5.74) is 1.22. The third-order valence-corrected chi connectivity index (χ3v) is 3.55. The molecule has 0 aromatic carbocycles. The highest BCUT2D eigenvalue weighted by Crippen LogP contribution is 2.20. The van der Waals surface area contributed by atoms with Gasteiger partial charge in [-0.1, -0.05) is 6.07 Å². The molecule has 1 aliphatic heterocycles. The van der Waals surface area contributed by atoms with E-state index in [2.05, 4.69) is 45.0 Å². The van der Waals surface area contributed by atoms with Gasteiger partial charge in [0.05, 0.1) is 0 Å². The molecule has 1 fully saturated rings. The molecule has 82 valence electrons. The van der Waals surface area contributed by atoms with E-state index >= 15 is 0 Å². The van der Waals surface area contributed by atoms with Gasteiger partial charge in [-0.05, 0) is 73.4 Å². The Morgan fingerprint density at radius 3 is 2.80 bits per heavy atom. The average molecular weight is 269 g/mol. The number of aromatic nitrogens is 1. The second kappa shape index (κ2) is 5.08. The van der Waals surface area contributed by atoms with Crippen molar-refractivity contribution >= 4 is 15.9 Å². The van der Waals surface area contributed by atoms with E-state index in [4.69, 9.17) is 0 Å². The first-order valence-corrected chi connectivity index (χ1v) is 6.33. The fourth-order valence-electron chi connectivity index (χ4n) is 2.13. The zero-order chi connectivity index (χ0) is 10.7. The van der Waals surface area contributed by atoms with Crippen molar-refractivity contribution in [2.75, 3.05) is 20.1 Å². The van der Waals surface area contributed by atoms with E-state index in [-0.39, 0.29) is 0 Å². The minimum atomic E-state index is 0.822. The number of rotatable bonds is 2. The zero-order valence-corrected chi connectivity index (χ0v) is 10.7. The van der Waals surface area contributed by atoms with Crippen molar-refractivity contribution < 1.29 is 0 Å². The minimum absolute atomic E-state index is 0.822. The molecule has 0 N–H and O–H groups in total. The lowest BCUT2D eigenvalue weighted by Crippen LogP contribution is -2.31. The van der Waals surface area contributed by atoms with Crippen LogP contribution in [0.5, 0.6) is 0 Å². The fraction of sp³-hybridized carbons (Fsp3) is 0.583. The second-order valence-electron chi connectivity index (χ2n) is 4.40. The quantitative estimate of drug-likeness (QED) is 0.767. The molecule has 0 unspecified atom stereocenters. The molecule has 2 nitrogen and oxygen atoms in total. The van der Waals surface area contributed by atoms with Gasteiger partial charge in [0.1, 0.15) is 4.60 Å². The maximum Gasteiger partial charge on any atom is 0.106 e. The van der Waals surface area contributed by atoms with Gasteiger partial charge in [-0.2, -0.15) is 0 Å². The molecule has 15 heavy (non-hydrogen) atoms. The molecule has 0 bridgehead atoms. The third-order valence-electron chi connectivity index (χ3n) is 3.11. The Kier molecular flexibility index (Phi) is 3.76. The van der Waals surface area contributed by atoms with Crippen molar-refractivity contribution in [1.82, 2.24) is 9.88 Å². The Morgan fingerprint density at radius 1 is 1.40 bits per heavy atom. The molecule has 3 heteroatoms. The summed E-state index contributed by atoms with van der Waals surface area (Å²) in [6.45, 7) is 2.47. The number of likely N-dealkylation sites (tertiary alicyclic amines) is 1. The molecular weight excluding hydrogens is 252 g/mol. The minimum Gasteiger partial charge on any atom is -0.306 e. The van der Waals surface area contributed by atoms with Crippen LogP contribution in [0.3, 0.4) is 0 Å². The number of hydrogen-bond donors (Lipinski definition) is 0. The second-order valence-corrected chi connectivity index (χ2v) is 5.21. The Labute approximate surface area is 99.8 Å². The van der Waals surface area contributed by atoms with Gasteiger partial charge in [-0.3, -0.25) is 0 Å². The number of hydrogen-bond acceptors (Lipinski definition) is 2. The summed E-state index contributed by atoms with van der Waals surface area (Å²) in [5, 5.41) is 0. The number of nitrogens with zero attached hydrogens (tertiary/aromatic N) is 2. The lowest BCUT2D eigenvalue weighted by Gasteiger charge is -2.28. The van der Waals surface area contributed by atoms with Gasteiger partial charge in [-0.15, -0.1) is 0 Å². The lowest BCUT2D eigenvalue weighted by atomic mass is 9.92. The maximum absolute atomic E-state index is 4.49. The summed E-state index contributed by atoms with van der Waals surface area (Å²) in [6, 6.07) is 6.18. The molecule has 2 rings (SSSR count). The van der Waals surface area contributed by atoms with E-state index in [1.54, 1.807) is 0 Å². The molecular formula is C12H17BrN2. The summed E-state index contributed by atoms with van der Waals surface area (Å²) < 4.78 is 0.952. The highest BCUT2D eigenvalue weighted by Gasteiger charge is 2.17. The van der Waals surface area contributed by atoms with Gasteiger partial charge < -0.3 is 4.90 Å². The standard InChI is InChI=1S/C12H17BrN2/c1-15-7-5-10(6-8-15)9-11-3-2-4-12(13)14-11/h2-4,10H,5-9H2,1H3. The van der Waals surface area contributed by atoms with Crippen LogP contribution in [0.15, 0.2) is 22.8 Å². The van der Waals surface area contributed by atoms with Gasteiger partial charge in [-0.25, -0.2) is 4.98 Å². The number of piperidine rings is 1. The predicted octanol–water partition coefficient (Wildman–Crippen LogP) is 2.73. The number of halogens is 1. The first-order valence-electron chi connectivity index (χ1n) is 5.54. The molecule has 0 radical (unpaired) electrons. The third kappa shape index (κ3) is 3.28. The van der Waals surface area contributed by atoms with E-state index in [1.807, 2.05) is 6.07 Å². The van der Waals surface area contributed by atoms with Crippen LogP contribution < -0.4 is 0 Å². The Morgan fingerprint density at radius 2 is 2.13 bits per heavy atom. The van der Waals surface area contributed by atoms with Gasteiger partial charge in [0.25, 0.3) is 0 Å². The largest absolute Gasteiger partial charge is 0.306 e. The predicted molar refractivity (Wildman–Crippen MR) is 65.9 cm³/mol. The lowest BCUT2D eigenvalue weighted by molar-refractivity contribution is 0.218. The van der Waals surface area contributed by atoms with Crippen LogP contribution in [-0.2, 0) is 6.42 Å². The molecule has 1 saturated heterocycles. The molecule has 0 atom stereocenters. The Bertz CT molecular complexity index is 319. The molecule has 2 heterocycles. The highest BCUT2D eigenvalue weighted by atomic mass is 79.9. The summed E-state index contributed by atoms with van der Waals surface area (Å²) >= 11 is 3.42. The van der Waals surface area contributed by atoms with Crippen LogP contribution in [0, 0.1) is 5.92 Å². The summed E-state index contributed by atoms with van der Waals surface area (Å²) in [6.07, 6.45) is 3.75. The summed E-state index contributed by atoms with van der Waals surface area (Å²) in [4.78, 5) is 6.90. The summed E-state index contributed by atoms with van der Waals surface area (Å²) in [7, 11) is 2.20. The maximum atomic E-state index is 4.49. The zero-order valence-electron chi connectivity index (χ0n) is 9.12. The smallest absolute Gasteiger partial charge is 0.106 e. The van der Waals surface area contributed by atoms with E-state index < -0.39 is 0 Å². The van der Waals surface area contributed by atoms with E-state index in [0.29, 0.717) is 0 Å². The van der Waals surface area contributed by atoms with Crippen LogP contribution in [0.4, 0.5) is 0 Å². The van der Waals surface area contributed by atoms with Crippen LogP contribution in [0.2, 0.25) is 0 Å². The van der Waals surface area contributed by atoms with E-state index in [0.717, 1.165) is 16.9 Å². The van der Waals surface area contributed by atoms with Crippen LogP contribution >= 0.6 is 15.9 Å². The van der Waals surface area contributed by atoms with Crippen LogP contribution in [0.1, 0.15) is 18.5 Å². The topological polar surface area (TPSA) is 16.1 Å². The molecule has 0 spiro atoms. The first-order chi connectivity index (χ1) is 7.24. The van der Waals surface area contributed by atoms with Crippen molar-refractivity contribution in [2.24, 2.45) is 5.92 Å². The van der Waals surface area contributed by atoms with Crippen molar-refractivity contribution in [3.8, 4) is 0 Å². The molecule has 0 aliphatic carbocycles. The molecule has 0 amide bonds. The van der Waals surface area contributed by atoms with Gasteiger partial charge in [0.2, 0.25) is 0 Å². The van der Waals surface area contributed by atoms with Crippen molar-refractivity contribution in [1.29, 1.82) is 0 Å². The molecule has 1 aliphatic rings. The van der Waals surface area contributed by atoms with Gasteiger partial charge >= 0.3 is 0 Å². The normalized spacial score (nSPS) is 19.3. The SMILES string of the molecule is CN1CCC(Cc2cccc(Br)n2)CC1. The fourth-order valence-corrected chi connectivity index (χ4v) is 2.51. The van der Waals surface area contributed by atoms with Crippen molar-refractivity contribution in [2.45, 2.75) is 19.3 Å². The van der Waals surface area contributed by atoms with Crippen LogP contribution in [-0.4, -0.2) is 30.0 Å². The van der Waals surface area contributed by atoms with Crippen LogP contribution in [0.25, 0.3) is 0 Å². The van der Waals surface area contributed by atoms with E-state index in [9.17, 15) is 0 Å². The van der Waals surface area contributed by atoms with Gasteiger partial charge in [0.15, 0.2) is 0 Å². The molecule has 1 aromatic heterocycles. The molecule has 1 aromatic rings. The monoisotopic (exact) mass is 268 g/mol. The summed E-state index contributed by atoms with van der Waals surface area (Å²) in [5.74, 6) is 0.822. The first kappa shape index (κ1) is 11.1. The Balaban J connectivity index is 1.92. The Hall–Kier alpha value is -0.410. The van der Waals surface area contributed by atoms with E-state index in [1.165, 1.54) is 31.6 Å². The van der Waals surface area contributed by atoms with Crippen molar-refractivity contribution in [3.05, 3.63) is 28.5 Å².